The van der Waals surface area contributed by atoms with Crippen LogP contribution in [0.5, 0.6) is 0 Å². The van der Waals surface area contributed by atoms with Crippen molar-refractivity contribution in [2.75, 3.05) is 13.1 Å². The quantitative estimate of drug-likeness (QED) is 0.465. The van der Waals surface area contributed by atoms with Crippen LogP contribution < -0.4 is 4.66 Å². The van der Waals surface area contributed by atoms with E-state index in [0.29, 0.717) is 0 Å². The first-order valence-corrected chi connectivity index (χ1v) is 5.27. The second-order valence-corrected chi connectivity index (χ2v) is 3.71. The molecule has 6 nitrogen and oxygen atoms in total. The van der Waals surface area contributed by atoms with E-state index in [4.69, 9.17) is 18.6 Å². The summed E-state index contributed by atoms with van der Waals surface area (Å²) in [5.41, 5.74) is 2.43. The third-order valence-electron chi connectivity index (χ3n) is 1.38. The van der Waals surface area contributed by atoms with Crippen molar-refractivity contribution in [1.82, 2.24) is 0 Å². The van der Waals surface area contributed by atoms with Gasteiger partial charge in [-0.1, -0.05) is 0 Å². The van der Waals surface area contributed by atoms with Gasteiger partial charge in [-0.05, 0) is 13.8 Å². The second-order valence-electron chi connectivity index (χ2n) is 2.84. The molecule has 0 bridgehead atoms. The Morgan fingerprint density at radius 2 is 1.36 bits per heavy atom. The fourth-order valence-electron chi connectivity index (χ4n) is 0.964. The minimum atomic E-state index is -4.19. The Morgan fingerprint density at radius 1 is 1.07 bits per heavy atom. The Hall–Kier alpha value is -0.530. The molecule has 1 heterocycles. The minimum absolute atomic E-state index is 0.878. The van der Waals surface area contributed by atoms with E-state index in [1.807, 2.05) is 0 Å². The van der Waals surface area contributed by atoms with E-state index < -0.39 is 10.2 Å². The van der Waals surface area contributed by atoms with E-state index >= 15 is 0 Å². The summed E-state index contributed by atoms with van der Waals surface area (Å²) in [6.45, 7) is 5.88. The molecule has 0 aromatic carbocycles. The molecule has 0 spiro atoms. The Balaban J connectivity index is 0.000000292. The van der Waals surface area contributed by atoms with Crippen molar-refractivity contribution in [3.05, 3.63) is 0 Å². The summed E-state index contributed by atoms with van der Waals surface area (Å²) in [6, 6.07) is 0. The maximum atomic E-state index is 8.83. The van der Waals surface area contributed by atoms with Gasteiger partial charge in [0.05, 0.1) is 13.1 Å². The first-order valence-electron chi connectivity index (χ1n) is 3.95. The van der Waals surface area contributed by atoms with Crippen LogP contribution >= 0.6 is 0 Å². The normalized spacial score (nSPS) is 18.4. The molecule has 7 heteroatoms. The van der Waals surface area contributed by atoms with Gasteiger partial charge in [-0.3, -0.25) is 9.98 Å². The number of aliphatic imine (C=N–C) groups is 2. The van der Waals surface area contributed by atoms with Gasteiger partial charge in [0, 0.05) is 17.8 Å². The molecule has 3 N–H and O–H groups in total. The molecule has 1 aliphatic rings. The van der Waals surface area contributed by atoms with Gasteiger partial charge in [-0.2, -0.15) is 0 Å². The van der Waals surface area contributed by atoms with Crippen LogP contribution in [0.3, 0.4) is 0 Å². The molecule has 0 atom stereocenters. The third kappa shape index (κ3) is 11.5. The van der Waals surface area contributed by atoms with Crippen molar-refractivity contribution < 1.29 is 28.9 Å². The van der Waals surface area contributed by atoms with Gasteiger partial charge in [-0.15, -0.1) is 0 Å². The molecule has 0 saturated carbocycles. The van der Waals surface area contributed by atoms with Gasteiger partial charge < -0.3 is 0 Å². The van der Waals surface area contributed by atoms with Crippen LogP contribution in [-0.2, 0) is 0 Å². The molecule has 1 aliphatic heterocycles. The number of hydrogen-bond donors (Lipinski definition) is 3. The van der Waals surface area contributed by atoms with E-state index in [1.165, 1.54) is 11.4 Å². The number of nitrogens with zero attached hydrogens (tertiary/aromatic N) is 2. The zero-order valence-corrected chi connectivity index (χ0v) is 8.90. The molecule has 84 valence electrons. The Labute approximate surface area is 84.4 Å². The van der Waals surface area contributed by atoms with Crippen LogP contribution in [0.2, 0.25) is 0 Å². The van der Waals surface area contributed by atoms with E-state index in [9.17, 15) is 0 Å². The van der Waals surface area contributed by atoms with Gasteiger partial charge in [-0.25, -0.2) is 0 Å². The Bertz CT molecular complexity index is 210. The van der Waals surface area contributed by atoms with Crippen LogP contribution in [0.25, 0.3) is 0 Å². The van der Waals surface area contributed by atoms with E-state index in [0.717, 1.165) is 19.5 Å². The number of hydrogen-bond acceptors (Lipinski definition) is 6. The molecule has 0 aliphatic carbocycles. The molecule has 0 aromatic heterocycles. The molecule has 0 fully saturated rings. The van der Waals surface area contributed by atoms with Gasteiger partial charge in [0.25, 0.3) is 0 Å². The molecule has 1 rings (SSSR count). The Kier molecular flexibility index (Phi) is 5.82. The zero-order chi connectivity index (χ0) is 11.2. The first-order chi connectivity index (χ1) is 6.29. The van der Waals surface area contributed by atoms with Crippen LogP contribution in [0.15, 0.2) is 9.98 Å². The molecule has 0 radical (unpaired) electrons. The molecule has 0 saturated heterocycles. The molecule has 0 unspecified atom stereocenters. The zero-order valence-electron chi connectivity index (χ0n) is 8.14. The Morgan fingerprint density at radius 3 is 1.64 bits per heavy atom. The topological polar surface area (TPSA) is 108 Å². The van der Waals surface area contributed by atoms with E-state index in [2.05, 4.69) is 23.8 Å². The van der Waals surface area contributed by atoms with Crippen LogP contribution in [0, 0.1) is 10.2 Å². The molecular weight excluding hydrogens is 212 g/mol. The fourth-order valence-corrected chi connectivity index (χ4v) is 0.964. The van der Waals surface area contributed by atoms with Gasteiger partial charge in [0.2, 0.25) is 0 Å². The predicted octanol–water partition coefficient (Wildman–Crippen LogP) is -1.55. The van der Waals surface area contributed by atoms with Crippen molar-refractivity contribution in [3.8, 4) is 0 Å². The maximum absolute atomic E-state index is 8.83. The summed E-state index contributed by atoms with van der Waals surface area (Å²) in [7, 11) is -4.19. The van der Waals surface area contributed by atoms with Crippen LogP contribution in [0.4, 0.5) is 0 Å². The monoisotopic (exact) mass is 226 g/mol. The van der Waals surface area contributed by atoms with Gasteiger partial charge in [0.1, 0.15) is 0 Å². The summed E-state index contributed by atoms with van der Waals surface area (Å²) >= 11 is 0. The van der Waals surface area contributed by atoms with E-state index in [1.54, 1.807) is 0 Å². The number of rotatable bonds is 0. The summed E-state index contributed by atoms with van der Waals surface area (Å²) in [5, 5.41) is 0. The molecule has 14 heavy (non-hydrogen) atoms. The summed E-state index contributed by atoms with van der Waals surface area (Å²) in [4.78, 5) is 8.55. The fraction of sp³-hybridized carbons (Fsp3) is 0.714. The SMILES string of the molecule is CC1=NCCN=C(C)C1.[O-][Cl+](O)(O)O. The summed E-state index contributed by atoms with van der Waals surface area (Å²) < 4.78 is 30.2. The van der Waals surface area contributed by atoms with Crippen LogP contribution in [0.1, 0.15) is 20.3 Å². The van der Waals surface area contributed by atoms with Crippen molar-refractivity contribution in [3.63, 3.8) is 0 Å². The van der Waals surface area contributed by atoms with Crippen LogP contribution in [-0.4, -0.2) is 38.5 Å². The predicted molar refractivity (Wildman–Crippen MR) is 47.2 cm³/mol. The second kappa shape index (κ2) is 6.05. The molecular formula is C7H15ClN2O4. The average molecular weight is 227 g/mol. The van der Waals surface area contributed by atoms with Gasteiger partial charge >= 0.3 is 28.9 Å². The van der Waals surface area contributed by atoms with Crippen molar-refractivity contribution in [2.24, 2.45) is 9.98 Å². The van der Waals surface area contributed by atoms with Gasteiger partial charge in [0.15, 0.2) is 0 Å². The van der Waals surface area contributed by atoms with Crippen molar-refractivity contribution in [2.45, 2.75) is 20.3 Å². The average Bonchev–Trinajstić information content (AvgIpc) is 2.09. The molecule has 0 amide bonds. The molecule has 0 aromatic rings. The third-order valence-corrected chi connectivity index (χ3v) is 1.38. The van der Waals surface area contributed by atoms with E-state index in [-0.39, 0.29) is 0 Å². The summed E-state index contributed by atoms with van der Waals surface area (Å²) in [5.74, 6) is 0. The number of halogens is 1. The first kappa shape index (κ1) is 13.5. The van der Waals surface area contributed by atoms with Crippen molar-refractivity contribution >= 4 is 11.4 Å². The van der Waals surface area contributed by atoms with Crippen molar-refractivity contribution in [1.29, 1.82) is 0 Å². The summed E-state index contributed by atoms with van der Waals surface area (Å²) in [6.07, 6.45) is 0.972. The standard InChI is InChI=1S/C7H12N2.ClH3O4/c1-6-5-7(2)9-4-3-8-6;2-1(3,4)5/h3-5H2,1-2H3;2-4H.